The number of halogens is 3. The predicted octanol–water partition coefficient (Wildman–Crippen LogP) is 6.24. The molecule has 0 N–H and O–H groups in total. The first-order valence-corrected chi connectivity index (χ1v) is 13.5. The molecule has 0 atom stereocenters. The Morgan fingerprint density at radius 2 is 1.47 bits per heavy atom. The molecule has 8 heteroatoms. The van der Waals surface area contributed by atoms with E-state index in [1.165, 1.54) is 11.6 Å². The number of piperazine rings is 1. The second kappa shape index (κ2) is 11.3. The quantitative estimate of drug-likeness (QED) is 0.358. The molecule has 38 heavy (non-hydrogen) atoms. The molecular formula is C30H39F3N2O3. The summed E-state index contributed by atoms with van der Waals surface area (Å²) in [5.41, 5.74) is 3.02. The summed E-state index contributed by atoms with van der Waals surface area (Å²) in [5, 5.41) is 0. The lowest BCUT2D eigenvalue weighted by Gasteiger charge is -2.35. The molecule has 1 aliphatic heterocycles. The molecule has 0 spiro atoms. The molecular weight excluding hydrogens is 493 g/mol. The van der Waals surface area contributed by atoms with Gasteiger partial charge in [-0.05, 0) is 87.3 Å². The van der Waals surface area contributed by atoms with E-state index >= 15 is 0 Å². The van der Waals surface area contributed by atoms with E-state index in [2.05, 4.69) is 21.9 Å². The van der Waals surface area contributed by atoms with E-state index in [0.717, 1.165) is 62.3 Å². The van der Waals surface area contributed by atoms with Crippen molar-refractivity contribution in [3.05, 3.63) is 63.7 Å². The molecule has 0 bridgehead atoms. The van der Waals surface area contributed by atoms with Gasteiger partial charge in [0.25, 0.3) is 0 Å². The molecule has 0 aromatic heterocycles. The van der Waals surface area contributed by atoms with E-state index in [1.54, 1.807) is 32.9 Å². The number of esters is 1. The highest BCUT2D eigenvalue weighted by molar-refractivity contribution is 5.79. The number of benzene rings is 2. The van der Waals surface area contributed by atoms with Crippen molar-refractivity contribution in [1.82, 2.24) is 9.80 Å². The zero-order valence-electron chi connectivity index (χ0n) is 23.1. The van der Waals surface area contributed by atoms with Gasteiger partial charge in [0.2, 0.25) is 0 Å². The number of carbonyl (C=O) groups excluding carboxylic acids is 1. The van der Waals surface area contributed by atoms with Crippen molar-refractivity contribution in [2.24, 2.45) is 0 Å². The third kappa shape index (κ3) is 6.89. The highest BCUT2D eigenvalue weighted by atomic mass is 19.4. The van der Waals surface area contributed by atoms with Crippen molar-refractivity contribution in [2.75, 3.05) is 32.8 Å². The van der Waals surface area contributed by atoms with Gasteiger partial charge in [-0.15, -0.1) is 0 Å². The van der Waals surface area contributed by atoms with Gasteiger partial charge in [0.15, 0.2) is 5.60 Å². The summed E-state index contributed by atoms with van der Waals surface area (Å²) in [7, 11) is 0. The second-order valence-corrected chi connectivity index (χ2v) is 11.1. The lowest BCUT2D eigenvalue weighted by Crippen LogP contribution is -2.45. The molecule has 1 saturated heterocycles. The zero-order valence-corrected chi connectivity index (χ0v) is 23.1. The van der Waals surface area contributed by atoms with Crippen LogP contribution in [0.5, 0.6) is 5.75 Å². The molecule has 1 heterocycles. The van der Waals surface area contributed by atoms with Crippen LogP contribution >= 0.6 is 0 Å². The number of ether oxygens (including phenoxy) is 2. The predicted molar refractivity (Wildman–Crippen MR) is 141 cm³/mol. The van der Waals surface area contributed by atoms with Gasteiger partial charge >= 0.3 is 12.1 Å². The van der Waals surface area contributed by atoms with E-state index in [0.29, 0.717) is 24.5 Å². The Kier molecular flexibility index (Phi) is 8.43. The monoisotopic (exact) mass is 532 g/mol. The first-order chi connectivity index (χ1) is 17.9. The number of nitrogens with zero attached hydrogens (tertiary/aromatic N) is 2. The van der Waals surface area contributed by atoms with Gasteiger partial charge in [-0.2, -0.15) is 13.2 Å². The maximum Gasteiger partial charge on any atom is 0.416 e. The third-order valence-electron chi connectivity index (χ3n) is 7.36. The first-order valence-electron chi connectivity index (χ1n) is 13.5. The summed E-state index contributed by atoms with van der Waals surface area (Å²) in [6.07, 6.45) is -2.60. The number of alkyl halides is 3. The summed E-state index contributed by atoms with van der Waals surface area (Å²) in [5.74, 6) is 0.378. The maximum absolute atomic E-state index is 13.4. The number of hydrogen-bond acceptors (Lipinski definition) is 5. The SMILES string of the molecule is CCOC(=O)C(C)(C)Oc1c(C)cc(CN2CCN(Cc3ccc(C(F)(F)F)c(C4CC4)c3)CC2)cc1C. The Hall–Kier alpha value is -2.58. The van der Waals surface area contributed by atoms with Crippen LogP contribution in [0.15, 0.2) is 30.3 Å². The minimum atomic E-state index is -4.29. The Bertz CT molecular complexity index is 1130. The molecule has 2 aromatic rings. The molecule has 1 aliphatic carbocycles. The van der Waals surface area contributed by atoms with Crippen LogP contribution in [0, 0.1) is 13.8 Å². The van der Waals surface area contributed by atoms with Gasteiger partial charge in [0.1, 0.15) is 5.75 Å². The van der Waals surface area contributed by atoms with Crippen molar-refractivity contribution >= 4 is 5.97 Å². The maximum atomic E-state index is 13.4. The summed E-state index contributed by atoms with van der Waals surface area (Å²) in [4.78, 5) is 17.0. The average Bonchev–Trinajstić information content (AvgIpc) is 3.68. The molecule has 2 aromatic carbocycles. The average molecular weight is 533 g/mol. The summed E-state index contributed by atoms with van der Waals surface area (Å²) in [6, 6.07) is 8.91. The number of carbonyl (C=O) groups is 1. The van der Waals surface area contributed by atoms with Crippen LogP contribution in [0.25, 0.3) is 0 Å². The molecule has 208 valence electrons. The molecule has 2 fully saturated rings. The summed E-state index contributed by atoms with van der Waals surface area (Å²) in [6.45, 7) is 14.5. The largest absolute Gasteiger partial charge is 0.476 e. The lowest BCUT2D eigenvalue weighted by atomic mass is 9.99. The van der Waals surface area contributed by atoms with Crippen LogP contribution < -0.4 is 4.74 Å². The van der Waals surface area contributed by atoms with Crippen molar-refractivity contribution in [2.45, 2.75) is 78.2 Å². The smallest absolute Gasteiger partial charge is 0.416 e. The van der Waals surface area contributed by atoms with E-state index in [1.807, 2.05) is 13.8 Å². The van der Waals surface area contributed by atoms with Crippen LogP contribution in [0.4, 0.5) is 13.2 Å². The summed E-state index contributed by atoms with van der Waals surface area (Å²) >= 11 is 0. The van der Waals surface area contributed by atoms with Gasteiger partial charge in [-0.1, -0.05) is 24.3 Å². The van der Waals surface area contributed by atoms with Crippen LogP contribution in [0.1, 0.15) is 72.9 Å². The van der Waals surface area contributed by atoms with E-state index in [9.17, 15) is 18.0 Å². The van der Waals surface area contributed by atoms with Crippen molar-refractivity contribution < 1.29 is 27.4 Å². The van der Waals surface area contributed by atoms with E-state index < -0.39 is 17.3 Å². The fraction of sp³-hybridized carbons (Fsp3) is 0.567. The standard InChI is InChI=1S/C30H39F3N2O3/c1-6-37-28(36)29(4,5)38-27-20(2)15-23(16-21(27)3)19-35-13-11-34(12-14-35)18-22-7-10-26(30(31,32)33)25(17-22)24-8-9-24/h7,10,15-17,24H,6,8-9,11-14,18-19H2,1-5H3. The number of rotatable bonds is 9. The van der Waals surface area contributed by atoms with Crippen LogP contribution in [-0.2, 0) is 28.8 Å². The normalized spacial score (nSPS) is 17.5. The fourth-order valence-corrected chi connectivity index (χ4v) is 5.22. The van der Waals surface area contributed by atoms with E-state index in [-0.39, 0.29) is 11.9 Å². The minimum Gasteiger partial charge on any atom is -0.476 e. The molecule has 2 aliphatic rings. The molecule has 5 nitrogen and oxygen atoms in total. The van der Waals surface area contributed by atoms with Crippen molar-refractivity contribution in [1.29, 1.82) is 0 Å². The van der Waals surface area contributed by atoms with Gasteiger partial charge in [0.05, 0.1) is 12.2 Å². The van der Waals surface area contributed by atoms with Gasteiger partial charge in [-0.3, -0.25) is 9.80 Å². The van der Waals surface area contributed by atoms with Crippen LogP contribution in [-0.4, -0.2) is 54.2 Å². The molecule has 0 unspecified atom stereocenters. The Morgan fingerprint density at radius 3 is 1.97 bits per heavy atom. The Labute approximate surface area is 223 Å². The summed E-state index contributed by atoms with van der Waals surface area (Å²) < 4.78 is 51.5. The highest BCUT2D eigenvalue weighted by Crippen LogP contribution is 2.46. The highest BCUT2D eigenvalue weighted by Gasteiger charge is 2.38. The molecule has 0 radical (unpaired) electrons. The number of aryl methyl sites for hydroxylation is 2. The van der Waals surface area contributed by atoms with E-state index in [4.69, 9.17) is 9.47 Å². The first kappa shape index (κ1) is 28.4. The minimum absolute atomic E-state index is 0.0587. The van der Waals surface area contributed by atoms with Gasteiger partial charge in [-0.25, -0.2) is 4.79 Å². The van der Waals surface area contributed by atoms with Crippen molar-refractivity contribution in [3.8, 4) is 5.75 Å². The molecule has 0 amide bonds. The topological polar surface area (TPSA) is 42.0 Å². The third-order valence-corrected chi connectivity index (χ3v) is 7.36. The molecule has 4 rings (SSSR count). The number of hydrogen-bond donors (Lipinski definition) is 0. The van der Waals surface area contributed by atoms with Crippen molar-refractivity contribution in [3.63, 3.8) is 0 Å². The molecule has 1 saturated carbocycles. The van der Waals surface area contributed by atoms with Gasteiger partial charge in [0, 0.05) is 39.3 Å². The van der Waals surface area contributed by atoms with Gasteiger partial charge < -0.3 is 9.47 Å². The second-order valence-electron chi connectivity index (χ2n) is 11.1. The van der Waals surface area contributed by atoms with Crippen LogP contribution in [0.2, 0.25) is 0 Å². The van der Waals surface area contributed by atoms with Crippen LogP contribution in [0.3, 0.4) is 0 Å². The Morgan fingerprint density at radius 1 is 0.921 bits per heavy atom. The Balaban J connectivity index is 1.33. The lowest BCUT2D eigenvalue weighted by molar-refractivity contribution is -0.158. The fourth-order valence-electron chi connectivity index (χ4n) is 5.22. The zero-order chi connectivity index (χ0) is 27.7.